The average molecular weight is 450 g/mol. The highest BCUT2D eigenvalue weighted by molar-refractivity contribution is 6.31. The number of hydrogen-bond acceptors (Lipinski definition) is 5. The van der Waals surface area contributed by atoms with Crippen molar-refractivity contribution < 1.29 is 22.7 Å². The maximum Gasteiger partial charge on any atom is 0.573 e. The topological polar surface area (TPSA) is 64.1 Å². The van der Waals surface area contributed by atoms with Crippen LogP contribution in [0, 0.1) is 5.92 Å². The molecule has 1 heterocycles. The second kappa shape index (κ2) is 8.70. The summed E-state index contributed by atoms with van der Waals surface area (Å²) in [5.41, 5.74) is 1.38. The molecule has 4 rings (SSSR count). The van der Waals surface area contributed by atoms with E-state index in [1.807, 2.05) is 0 Å². The molecule has 2 aromatic carbocycles. The standard InChI is InChI=1S/C22H19ClF3N3O2/c23-14-6-8-17-18(11-14)29-21(12-27-17)28-15-7-5-13(9-15)10-19(30)16-3-1-2-4-20(16)31-22(24,25)26/h1-4,6,8,11-13,15H,5,7,9-10H2,(H,28,29)/t13?,15-/m1/s1. The van der Waals surface area contributed by atoms with Crippen LogP contribution in [0.4, 0.5) is 19.0 Å². The lowest BCUT2D eigenvalue weighted by molar-refractivity contribution is -0.274. The Labute approximate surface area is 181 Å². The molecule has 1 aromatic heterocycles. The van der Waals surface area contributed by atoms with Crippen LogP contribution in [0.5, 0.6) is 5.75 Å². The van der Waals surface area contributed by atoms with Crippen molar-refractivity contribution in [2.75, 3.05) is 5.32 Å². The molecule has 5 nitrogen and oxygen atoms in total. The Balaban J connectivity index is 1.38. The predicted molar refractivity (Wildman–Crippen MR) is 111 cm³/mol. The van der Waals surface area contributed by atoms with Crippen molar-refractivity contribution in [3.8, 4) is 5.75 Å². The van der Waals surface area contributed by atoms with Gasteiger partial charge in [0.15, 0.2) is 5.78 Å². The van der Waals surface area contributed by atoms with E-state index >= 15 is 0 Å². The van der Waals surface area contributed by atoms with Crippen LogP contribution in [-0.4, -0.2) is 28.2 Å². The maximum atomic E-state index is 12.6. The summed E-state index contributed by atoms with van der Waals surface area (Å²) in [4.78, 5) is 21.5. The Morgan fingerprint density at radius 3 is 2.77 bits per heavy atom. The van der Waals surface area contributed by atoms with Gasteiger partial charge in [-0.2, -0.15) is 0 Å². The van der Waals surface area contributed by atoms with Gasteiger partial charge >= 0.3 is 6.36 Å². The minimum atomic E-state index is -4.84. The second-order valence-electron chi connectivity index (χ2n) is 7.58. The van der Waals surface area contributed by atoms with Crippen LogP contribution in [0.25, 0.3) is 11.0 Å². The quantitative estimate of drug-likeness (QED) is 0.465. The van der Waals surface area contributed by atoms with Gasteiger partial charge in [-0.3, -0.25) is 9.78 Å². The number of alkyl halides is 3. The number of nitrogens with one attached hydrogen (secondary N) is 1. The Hall–Kier alpha value is -2.87. The Morgan fingerprint density at radius 1 is 1.16 bits per heavy atom. The van der Waals surface area contributed by atoms with E-state index in [2.05, 4.69) is 20.0 Å². The van der Waals surface area contributed by atoms with Crippen molar-refractivity contribution >= 4 is 34.2 Å². The number of rotatable bonds is 6. The first-order valence-electron chi connectivity index (χ1n) is 9.83. The van der Waals surface area contributed by atoms with Crippen LogP contribution in [0.15, 0.2) is 48.7 Å². The van der Waals surface area contributed by atoms with Gasteiger partial charge in [0.05, 0.1) is 22.8 Å². The molecule has 1 aliphatic rings. The third kappa shape index (κ3) is 5.44. The molecule has 0 radical (unpaired) electrons. The molecule has 0 amide bonds. The third-order valence-corrected chi connectivity index (χ3v) is 5.52. The molecule has 2 atom stereocenters. The van der Waals surface area contributed by atoms with Gasteiger partial charge in [-0.15, -0.1) is 13.2 Å². The minimum Gasteiger partial charge on any atom is -0.405 e. The first kappa shape index (κ1) is 21.4. The van der Waals surface area contributed by atoms with Gasteiger partial charge in [-0.1, -0.05) is 23.7 Å². The Bertz CT molecular complexity index is 1110. The number of carbonyl (C=O) groups excluding carboxylic acids is 1. The van der Waals surface area contributed by atoms with E-state index in [9.17, 15) is 18.0 Å². The molecule has 1 unspecified atom stereocenters. The summed E-state index contributed by atoms with van der Waals surface area (Å²) in [5.74, 6) is -0.133. The number of anilines is 1. The number of carbonyl (C=O) groups is 1. The van der Waals surface area contributed by atoms with E-state index in [0.717, 1.165) is 24.4 Å². The van der Waals surface area contributed by atoms with Crippen molar-refractivity contribution in [2.45, 2.75) is 38.1 Å². The second-order valence-corrected chi connectivity index (χ2v) is 8.02. The zero-order valence-corrected chi connectivity index (χ0v) is 17.1. The maximum absolute atomic E-state index is 12.6. The smallest absolute Gasteiger partial charge is 0.405 e. The fourth-order valence-electron chi connectivity index (χ4n) is 3.94. The number of ketones is 1. The van der Waals surface area contributed by atoms with Crippen LogP contribution in [0.3, 0.4) is 0 Å². The lowest BCUT2D eigenvalue weighted by Gasteiger charge is -2.15. The number of nitrogens with zero attached hydrogens (tertiary/aromatic N) is 2. The monoisotopic (exact) mass is 449 g/mol. The van der Waals surface area contributed by atoms with E-state index in [4.69, 9.17) is 11.6 Å². The van der Waals surface area contributed by atoms with E-state index in [1.54, 1.807) is 24.4 Å². The van der Waals surface area contributed by atoms with Gasteiger partial charge in [0.25, 0.3) is 0 Å². The van der Waals surface area contributed by atoms with Crippen molar-refractivity contribution in [1.82, 2.24) is 9.97 Å². The summed E-state index contributed by atoms with van der Waals surface area (Å²) in [5, 5.41) is 3.91. The Kier molecular flexibility index (Phi) is 6.00. The summed E-state index contributed by atoms with van der Waals surface area (Å²) in [6, 6.07) is 10.9. The first-order chi connectivity index (χ1) is 14.8. The number of hydrogen-bond donors (Lipinski definition) is 1. The molecule has 0 spiro atoms. The number of ether oxygens (including phenoxy) is 1. The highest BCUT2D eigenvalue weighted by Crippen LogP contribution is 2.33. The summed E-state index contributed by atoms with van der Waals surface area (Å²) in [7, 11) is 0. The molecular formula is C22H19ClF3N3O2. The molecule has 1 aliphatic carbocycles. The summed E-state index contributed by atoms with van der Waals surface area (Å²) in [6.45, 7) is 0. The lowest BCUT2D eigenvalue weighted by atomic mass is 9.96. The molecule has 31 heavy (non-hydrogen) atoms. The fraction of sp³-hybridized carbons (Fsp3) is 0.318. The zero-order chi connectivity index (χ0) is 22.0. The molecule has 0 saturated heterocycles. The lowest BCUT2D eigenvalue weighted by Crippen LogP contribution is -2.20. The van der Waals surface area contributed by atoms with Crippen molar-refractivity contribution in [1.29, 1.82) is 0 Å². The largest absolute Gasteiger partial charge is 0.573 e. The summed E-state index contributed by atoms with van der Waals surface area (Å²) < 4.78 is 41.8. The van der Waals surface area contributed by atoms with E-state index in [0.29, 0.717) is 22.8 Å². The highest BCUT2D eigenvalue weighted by Gasteiger charge is 2.33. The molecule has 162 valence electrons. The van der Waals surface area contributed by atoms with Gasteiger partial charge in [0, 0.05) is 17.5 Å². The molecule has 0 aliphatic heterocycles. The molecule has 0 bridgehead atoms. The normalized spacial score (nSPS) is 18.8. The van der Waals surface area contributed by atoms with Crippen LogP contribution in [0.1, 0.15) is 36.0 Å². The number of benzene rings is 2. The van der Waals surface area contributed by atoms with Crippen molar-refractivity contribution in [3.63, 3.8) is 0 Å². The molecule has 3 aromatic rings. The summed E-state index contributed by atoms with van der Waals surface area (Å²) in [6.07, 6.45) is -0.700. The first-order valence-corrected chi connectivity index (χ1v) is 10.2. The SMILES string of the molecule is O=C(CC1CC[C@@H](Nc2cnc3ccc(Cl)cc3n2)C1)c1ccccc1OC(F)(F)F. The highest BCUT2D eigenvalue weighted by atomic mass is 35.5. The minimum absolute atomic E-state index is 0.0477. The van der Waals surface area contributed by atoms with Gasteiger partial charge < -0.3 is 10.1 Å². The van der Waals surface area contributed by atoms with Gasteiger partial charge in [-0.25, -0.2) is 4.98 Å². The van der Waals surface area contributed by atoms with Gasteiger partial charge in [0.1, 0.15) is 11.6 Å². The molecule has 1 saturated carbocycles. The van der Waals surface area contributed by atoms with E-state index in [-0.39, 0.29) is 29.7 Å². The van der Waals surface area contributed by atoms with Gasteiger partial charge in [-0.05, 0) is 55.5 Å². The van der Waals surface area contributed by atoms with Crippen LogP contribution < -0.4 is 10.1 Å². The average Bonchev–Trinajstić information content (AvgIpc) is 3.13. The van der Waals surface area contributed by atoms with Crippen LogP contribution >= 0.6 is 11.6 Å². The molecule has 9 heteroatoms. The van der Waals surface area contributed by atoms with E-state index in [1.165, 1.54) is 18.2 Å². The Morgan fingerprint density at radius 2 is 1.97 bits per heavy atom. The molecular weight excluding hydrogens is 431 g/mol. The van der Waals surface area contributed by atoms with Crippen molar-refractivity contribution in [2.24, 2.45) is 5.92 Å². The number of halogens is 4. The number of aromatic nitrogens is 2. The third-order valence-electron chi connectivity index (χ3n) is 5.28. The molecule has 1 N–H and O–H groups in total. The van der Waals surface area contributed by atoms with Crippen LogP contribution in [-0.2, 0) is 0 Å². The number of fused-ring (bicyclic) bond motifs is 1. The van der Waals surface area contributed by atoms with Gasteiger partial charge in [0.2, 0.25) is 0 Å². The predicted octanol–water partition coefficient (Wildman–Crippen LogP) is 6.04. The fourth-order valence-corrected chi connectivity index (χ4v) is 4.10. The summed E-state index contributed by atoms with van der Waals surface area (Å²) >= 11 is 6.01. The molecule has 1 fully saturated rings. The zero-order valence-electron chi connectivity index (χ0n) is 16.3. The number of Topliss-reactive ketones (excluding diaryl/α,β-unsaturated/α-hetero) is 1. The number of para-hydroxylation sites is 1. The van der Waals surface area contributed by atoms with Crippen LogP contribution in [0.2, 0.25) is 5.02 Å². The van der Waals surface area contributed by atoms with E-state index < -0.39 is 12.1 Å². The van der Waals surface area contributed by atoms with Crippen molar-refractivity contribution in [3.05, 3.63) is 59.2 Å².